The summed E-state index contributed by atoms with van der Waals surface area (Å²) in [6, 6.07) is 9.42. The Bertz CT molecular complexity index is 439. The van der Waals surface area contributed by atoms with Crippen LogP contribution in [0.2, 0.25) is 0 Å². The van der Waals surface area contributed by atoms with Crippen LogP contribution in [0.25, 0.3) is 0 Å². The Labute approximate surface area is 114 Å². The van der Waals surface area contributed by atoms with Crippen LogP contribution < -0.4 is 10.1 Å². The maximum atomic E-state index is 11.9. The largest absolute Gasteiger partial charge is 0.481 e. The minimum atomic E-state index is -0.466. The van der Waals surface area contributed by atoms with Gasteiger partial charge in [-0.25, -0.2) is 0 Å². The van der Waals surface area contributed by atoms with Gasteiger partial charge in [-0.3, -0.25) is 4.79 Å². The van der Waals surface area contributed by atoms with Gasteiger partial charge in [0, 0.05) is 6.54 Å². The highest BCUT2D eigenvalue weighted by molar-refractivity contribution is 5.80. The van der Waals surface area contributed by atoms with E-state index in [-0.39, 0.29) is 5.91 Å². The molecule has 1 aromatic rings. The quantitative estimate of drug-likeness (QED) is 0.825. The van der Waals surface area contributed by atoms with Crippen molar-refractivity contribution in [2.24, 2.45) is 0 Å². The molecule has 19 heavy (non-hydrogen) atoms. The van der Waals surface area contributed by atoms with Crippen LogP contribution in [0.15, 0.2) is 42.0 Å². The zero-order chi connectivity index (χ0) is 13.5. The number of allylic oxidation sites excluding steroid dienone is 1. The van der Waals surface area contributed by atoms with Crippen molar-refractivity contribution in [2.75, 3.05) is 6.54 Å². The monoisotopic (exact) mass is 259 g/mol. The summed E-state index contributed by atoms with van der Waals surface area (Å²) in [4.78, 5) is 11.9. The van der Waals surface area contributed by atoms with Gasteiger partial charge in [0.2, 0.25) is 0 Å². The molecule has 0 radical (unpaired) electrons. The summed E-state index contributed by atoms with van der Waals surface area (Å²) < 4.78 is 5.58. The van der Waals surface area contributed by atoms with Crippen molar-refractivity contribution in [3.05, 3.63) is 42.0 Å². The van der Waals surface area contributed by atoms with E-state index in [1.54, 1.807) is 6.92 Å². The number of para-hydroxylation sites is 1. The Morgan fingerprint density at radius 1 is 1.32 bits per heavy atom. The third kappa shape index (κ3) is 4.43. The smallest absolute Gasteiger partial charge is 0.261 e. The van der Waals surface area contributed by atoms with Gasteiger partial charge in [-0.05, 0) is 44.7 Å². The molecular weight excluding hydrogens is 238 g/mol. The van der Waals surface area contributed by atoms with Crippen molar-refractivity contribution in [1.29, 1.82) is 0 Å². The molecule has 0 heterocycles. The van der Waals surface area contributed by atoms with Crippen LogP contribution in [0.5, 0.6) is 5.75 Å². The Morgan fingerprint density at radius 3 is 2.79 bits per heavy atom. The topological polar surface area (TPSA) is 38.3 Å². The number of carbonyl (C=O) groups excluding carboxylic acids is 1. The van der Waals surface area contributed by atoms with Gasteiger partial charge in [0.25, 0.3) is 5.91 Å². The maximum Gasteiger partial charge on any atom is 0.261 e. The highest BCUT2D eigenvalue weighted by atomic mass is 16.5. The lowest BCUT2D eigenvalue weighted by atomic mass is 10.00. The van der Waals surface area contributed by atoms with E-state index in [1.807, 2.05) is 30.3 Å². The average Bonchev–Trinajstić information content (AvgIpc) is 2.47. The third-order valence-corrected chi connectivity index (χ3v) is 3.30. The van der Waals surface area contributed by atoms with E-state index in [9.17, 15) is 4.79 Å². The van der Waals surface area contributed by atoms with Gasteiger partial charge in [-0.1, -0.05) is 29.8 Å². The first-order valence-corrected chi connectivity index (χ1v) is 6.93. The molecule has 1 aliphatic carbocycles. The van der Waals surface area contributed by atoms with E-state index in [1.165, 1.54) is 18.4 Å². The van der Waals surface area contributed by atoms with Gasteiger partial charge < -0.3 is 10.1 Å². The minimum absolute atomic E-state index is 0.0599. The van der Waals surface area contributed by atoms with Gasteiger partial charge in [0.15, 0.2) is 6.10 Å². The number of hydrogen-bond donors (Lipinski definition) is 1. The molecule has 1 amide bonds. The molecule has 0 unspecified atom stereocenters. The first-order chi connectivity index (χ1) is 9.25. The number of rotatable bonds is 5. The van der Waals surface area contributed by atoms with E-state index in [2.05, 4.69) is 11.4 Å². The predicted octanol–water partition coefficient (Wildman–Crippen LogP) is 3.07. The van der Waals surface area contributed by atoms with Crippen LogP contribution in [-0.2, 0) is 4.79 Å². The number of amides is 1. The normalized spacial score (nSPS) is 16.4. The van der Waals surface area contributed by atoms with Gasteiger partial charge in [-0.2, -0.15) is 0 Å². The van der Waals surface area contributed by atoms with E-state index in [4.69, 9.17) is 4.74 Å². The Balaban J connectivity index is 1.77. The van der Waals surface area contributed by atoms with Crippen LogP contribution in [-0.4, -0.2) is 18.6 Å². The van der Waals surface area contributed by atoms with Crippen LogP contribution >= 0.6 is 0 Å². The molecule has 1 aliphatic rings. The standard InChI is InChI=1S/C16H21NO2/c1-13(19-15-10-6-3-7-11-15)16(18)17-12-14-8-4-2-5-9-14/h3,6-8,10-11,13H,2,4-5,9,12H2,1H3,(H,17,18)/t13-/m0/s1. The SMILES string of the molecule is C[C@H](Oc1ccccc1)C(=O)NCC1=CCCCC1. The number of benzene rings is 1. The summed E-state index contributed by atoms with van der Waals surface area (Å²) in [6.07, 6.45) is 6.52. The van der Waals surface area contributed by atoms with Crippen LogP contribution in [0.1, 0.15) is 32.6 Å². The van der Waals surface area contributed by atoms with Crippen LogP contribution in [0, 0.1) is 0 Å². The molecule has 3 heteroatoms. The number of nitrogens with one attached hydrogen (secondary N) is 1. The molecule has 0 saturated carbocycles. The fourth-order valence-electron chi connectivity index (χ4n) is 2.17. The van der Waals surface area contributed by atoms with Crippen molar-refractivity contribution in [2.45, 2.75) is 38.7 Å². The summed E-state index contributed by atoms with van der Waals surface area (Å²) in [5, 5.41) is 2.94. The van der Waals surface area contributed by atoms with Crippen molar-refractivity contribution in [3.8, 4) is 5.75 Å². The molecule has 1 atom stereocenters. The second-order valence-corrected chi connectivity index (χ2v) is 4.90. The first-order valence-electron chi connectivity index (χ1n) is 6.93. The molecular formula is C16H21NO2. The van der Waals surface area contributed by atoms with Gasteiger partial charge in [-0.15, -0.1) is 0 Å². The fourth-order valence-corrected chi connectivity index (χ4v) is 2.17. The maximum absolute atomic E-state index is 11.9. The molecule has 102 valence electrons. The lowest BCUT2D eigenvalue weighted by Gasteiger charge is -2.17. The molecule has 0 saturated heterocycles. The Hall–Kier alpha value is -1.77. The fraction of sp³-hybridized carbons (Fsp3) is 0.438. The molecule has 1 N–H and O–H groups in total. The van der Waals surface area contributed by atoms with Gasteiger partial charge in [0.05, 0.1) is 0 Å². The summed E-state index contributed by atoms with van der Waals surface area (Å²) in [7, 11) is 0. The molecule has 2 rings (SSSR count). The van der Waals surface area contributed by atoms with Crippen molar-refractivity contribution < 1.29 is 9.53 Å². The molecule has 0 fully saturated rings. The molecule has 1 aromatic carbocycles. The first kappa shape index (κ1) is 13.7. The second-order valence-electron chi connectivity index (χ2n) is 4.90. The Morgan fingerprint density at radius 2 is 2.11 bits per heavy atom. The summed E-state index contributed by atoms with van der Waals surface area (Å²) in [6.45, 7) is 2.43. The van der Waals surface area contributed by atoms with Crippen molar-refractivity contribution >= 4 is 5.91 Å². The summed E-state index contributed by atoms with van der Waals surface area (Å²) >= 11 is 0. The number of ether oxygens (including phenoxy) is 1. The number of hydrogen-bond acceptors (Lipinski definition) is 2. The van der Waals surface area contributed by atoms with E-state index in [0.717, 1.165) is 18.6 Å². The van der Waals surface area contributed by atoms with Gasteiger partial charge in [0.1, 0.15) is 5.75 Å². The third-order valence-electron chi connectivity index (χ3n) is 3.30. The minimum Gasteiger partial charge on any atom is -0.481 e. The van der Waals surface area contributed by atoms with E-state index >= 15 is 0 Å². The average molecular weight is 259 g/mol. The van der Waals surface area contributed by atoms with Gasteiger partial charge >= 0.3 is 0 Å². The van der Waals surface area contributed by atoms with Crippen molar-refractivity contribution in [1.82, 2.24) is 5.32 Å². The zero-order valence-electron chi connectivity index (χ0n) is 11.4. The lowest BCUT2D eigenvalue weighted by molar-refractivity contribution is -0.127. The summed E-state index contributed by atoms with van der Waals surface area (Å²) in [5.74, 6) is 0.664. The molecule has 0 spiro atoms. The Kier molecular flexibility index (Phi) is 5.01. The molecule has 0 aromatic heterocycles. The highest BCUT2D eigenvalue weighted by Crippen LogP contribution is 2.16. The van der Waals surface area contributed by atoms with E-state index < -0.39 is 6.10 Å². The zero-order valence-corrected chi connectivity index (χ0v) is 11.4. The highest BCUT2D eigenvalue weighted by Gasteiger charge is 2.14. The number of carbonyl (C=O) groups is 1. The predicted molar refractivity (Wildman–Crippen MR) is 76.1 cm³/mol. The van der Waals surface area contributed by atoms with Crippen LogP contribution in [0.4, 0.5) is 0 Å². The lowest BCUT2D eigenvalue weighted by Crippen LogP contribution is -2.37. The molecule has 0 aliphatic heterocycles. The van der Waals surface area contributed by atoms with Crippen LogP contribution in [0.3, 0.4) is 0 Å². The van der Waals surface area contributed by atoms with Crippen molar-refractivity contribution in [3.63, 3.8) is 0 Å². The summed E-state index contributed by atoms with van der Waals surface area (Å²) in [5.41, 5.74) is 1.34. The van der Waals surface area contributed by atoms with E-state index in [0.29, 0.717) is 6.54 Å². The molecule has 3 nitrogen and oxygen atoms in total. The molecule has 0 bridgehead atoms. The second kappa shape index (κ2) is 6.98.